The van der Waals surface area contributed by atoms with Crippen LogP contribution >= 0.6 is 27.5 Å². The van der Waals surface area contributed by atoms with E-state index in [4.69, 9.17) is 16.6 Å². The zero-order valence-electron chi connectivity index (χ0n) is 11.2. The van der Waals surface area contributed by atoms with Crippen LogP contribution in [0.15, 0.2) is 22.7 Å². The Kier molecular flexibility index (Phi) is 3.94. The summed E-state index contributed by atoms with van der Waals surface area (Å²) < 4.78 is 0.978. The van der Waals surface area contributed by atoms with Crippen molar-refractivity contribution in [1.82, 2.24) is 9.97 Å². The molecule has 2 aromatic rings. The second kappa shape index (κ2) is 5.70. The van der Waals surface area contributed by atoms with Crippen LogP contribution in [0.5, 0.6) is 0 Å². The van der Waals surface area contributed by atoms with Crippen molar-refractivity contribution in [2.24, 2.45) is 0 Å². The lowest BCUT2D eigenvalue weighted by Crippen LogP contribution is -2.06. The van der Waals surface area contributed by atoms with Gasteiger partial charge in [0.25, 0.3) is 0 Å². The minimum Gasteiger partial charge on any atom is -0.370 e. The van der Waals surface area contributed by atoms with Crippen LogP contribution in [-0.4, -0.2) is 16.5 Å². The zero-order valence-corrected chi connectivity index (χ0v) is 13.6. The second-order valence-corrected chi connectivity index (χ2v) is 6.15. The average Bonchev–Trinajstić information content (AvgIpc) is 2.90. The summed E-state index contributed by atoms with van der Waals surface area (Å²) in [5.41, 5.74) is 3.29. The van der Waals surface area contributed by atoms with Crippen molar-refractivity contribution >= 4 is 33.3 Å². The molecule has 0 amide bonds. The van der Waals surface area contributed by atoms with Crippen LogP contribution in [0, 0.1) is 0 Å². The fraction of sp³-hybridized carbons (Fsp3) is 0.333. The van der Waals surface area contributed by atoms with Crippen LogP contribution in [0.3, 0.4) is 0 Å². The maximum absolute atomic E-state index is 6.29. The smallest absolute Gasteiger partial charge is 0.163 e. The Labute approximate surface area is 131 Å². The van der Waals surface area contributed by atoms with E-state index < -0.39 is 0 Å². The molecule has 0 saturated carbocycles. The fourth-order valence-electron chi connectivity index (χ4n) is 2.54. The van der Waals surface area contributed by atoms with Crippen LogP contribution in [0.1, 0.15) is 24.6 Å². The number of nitrogens with one attached hydrogen (secondary N) is 1. The lowest BCUT2D eigenvalue weighted by atomic mass is 10.2. The predicted molar refractivity (Wildman–Crippen MR) is 86.4 cm³/mol. The highest BCUT2D eigenvalue weighted by Crippen LogP contribution is 2.33. The van der Waals surface area contributed by atoms with Crippen molar-refractivity contribution < 1.29 is 0 Å². The highest BCUT2D eigenvalue weighted by molar-refractivity contribution is 9.10. The van der Waals surface area contributed by atoms with E-state index in [-0.39, 0.29) is 0 Å². The number of aryl methyl sites for hydroxylation is 1. The Hall–Kier alpha value is -1.13. The summed E-state index contributed by atoms with van der Waals surface area (Å²) in [7, 11) is 0. The van der Waals surface area contributed by atoms with Crippen LogP contribution in [0.4, 0.5) is 5.82 Å². The largest absolute Gasteiger partial charge is 0.370 e. The summed E-state index contributed by atoms with van der Waals surface area (Å²) in [6.45, 7) is 2.93. The van der Waals surface area contributed by atoms with Gasteiger partial charge in [-0.1, -0.05) is 27.5 Å². The monoisotopic (exact) mass is 351 g/mol. The third-order valence-electron chi connectivity index (χ3n) is 3.45. The lowest BCUT2D eigenvalue weighted by molar-refractivity contribution is 0.900. The van der Waals surface area contributed by atoms with Crippen molar-refractivity contribution in [1.29, 1.82) is 0 Å². The molecular weight excluding hydrogens is 338 g/mol. The number of anilines is 1. The normalized spacial score (nSPS) is 13.3. The Morgan fingerprint density at radius 3 is 2.95 bits per heavy atom. The van der Waals surface area contributed by atoms with E-state index in [1.54, 1.807) is 0 Å². The van der Waals surface area contributed by atoms with Gasteiger partial charge in [0.1, 0.15) is 5.82 Å². The van der Waals surface area contributed by atoms with Crippen molar-refractivity contribution in [3.8, 4) is 11.4 Å². The van der Waals surface area contributed by atoms with Gasteiger partial charge in [-0.2, -0.15) is 0 Å². The van der Waals surface area contributed by atoms with Crippen LogP contribution in [-0.2, 0) is 12.8 Å². The highest BCUT2D eigenvalue weighted by atomic mass is 79.9. The molecule has 1 aromatic carbocycles. The van der Waals surface area contributed by atoms with E-state index in [9.17, 15) is 0 Å². The molecule has 1 aliphatic carbocycles. The van der Waals surface area contributed by atoms with Crippen LogP contribution in [0.2, 0.25) is 5.02 Å². The van der Waals surface area contributed by atoms with Crippen molar-refractivity contribution in [2.75, 3.05) is 11.9 Å². The van der Waals surface area contributed by atoms with Crippen molar-refractivity contribution in [2.45, 2.75) is 26.2 Å². The summed E-state index contributed by atoms with van der Waals surface area (Å²) >= 11 is 9.77. The molecule has 1 heterocycles. The van der Waals surface area contributed by atoms with Crippen molar-refractivity contribution in [3.05, 3.63) is 39.0 Å². The van der Waals surface area contributed by atoms with Crippen LogP contribution < -0.4 is 5.32 Å². The summed E-state index contributed by atoms with van der Waals surface area (Å²) in [6, 6.07) is 5.75. The van der Waals surface area contributed by atoms with E-state index in [1.807, 2.05) is 18.2 Å². The Balaban J connectivity index is 2.14. The first-order valence-corrected chi connectivity index (χ1v) is 7.95. The van der Waals surface area contributed by atoms with Gasteiger partial charge in [0, 0.05) is 27.8 Å². The number of halogens is 2. The number of rotatable bonds is 3. The topological polar surface area (TPSA) is 37.8 Å². The third-order valence-corrected chi connectivity index (χ3v) is 4.27. The predicted octanol–water partition coefficient (Wildman–Crippen LogP) is 4.48. The molecule has 0 atom stereocenters. The van der Waals surface area contributed by atoms with Gasteiger partial charge in [-0.3, -0.25) is 0 Å². The van der Waals surface area contributed by atoms with Gasteiger partial charge in [-0.25, -0.2) is 9.97 Å². The van der Waals surface area contributed by atoms with Gasteiger partial charge in [-0.15, -0.1) is 0 Å². The minimum atomic E-state index is 0.675. The first-order chi connectivity index (χ1) is 9.69. The Morgan fingerprint density at radius 2 is 2.15 bits per heavy atom. The first kappa shape index (κ1) is 13.8. The first-order valence-electron chi connectivity index (χ1n) is 6.78. The van der Waals surface area contributed by atoms with Gasteiger partial charge in [-0.05, 0) is 44.4 Å². The quantitative estimate of drug-likeness (QED) is 0.885. The number of benzene rings is 1. The lowest BCUT2D eigenvalue weighted by Gasteiger charge is -2.12. The minimum absolute atomic E-state index is 0.675. The molecule has 104 valence electrons. The van der Waals surface area contributed by atoms with Gasteiger partial charge in [0.2, 0.25) is 0 Å². The second-order valence-electron chi connectivity index (χ2n) is 4.83. The molecule has 0 bridgehead atoms. The molecule has 1 aromatic heterocycles. The van der Waals surface area contributed by atoms with Crippen molar-refractivity contribution in [3.63, 3.8) is 0 Å². The molecule has 20 heavy (non-hydrogen) atoms. The maximum Gasteiger partial charge on any atom is 0.163 e. The molecule has 3 rings (SSSR count). The molecule has 0 fully saturated rings. The molecule has 0 aliphatic heterocycles. The van der Waals surface area contributed by atoms with Gasteiger partial charge >= 0.3 is 0 Å². The molecule has 5 heteroatoms. The Bertz CT molecular complexity index is 658. The fourth-order valence-corrected chi connectivity index (χ4v) is 3.10. The zero-order chi connectivity index (χ0) is 14.1. The van der Waals surface area contributed by atoms with E-state index >= 15 is 0 Å². The standard InChI is InChI=1S/C15H15BrClN3/c1-2-18-14-10-4-3-5-13(10)19-15(20-14)11-8-9(16)6-7-12(11)17/h6-8H,2-5H2,1H3,(H,18,19,20). The number of hydrogen-bond donors (Lipinski definition) is 1. The van der Waals surface area contributed by atoms with Gasteiger partial charge in [0.15, 0.2) is 5.82 Å². The van der Waals surface area contributed by atoms with Gasteiger partial charge < -0.3 is 5.32 Å². The molecule has 3 nitrogen and oxygen atoms in total. The van der Waals surface area contributed by atoms with Gasteiger partial charge in [0.05, 0.1) is 5.02 Å². The highest BCUT2D eigenvalue weighted by Gasteiger charge is 2.20. The van der Waals surface area contributed by atoms with E-state index in [2.05, 4.69) is 33.2 Å². The molecule has 1 aliphatic rings. The molecule has 0 unspecified atom stereocenters. The van der Waals surface area contributed by atoms with E-state index in [1.165, 1.54) is 5.56 Å². The SMILES string of the molecule is CCNc1nc(-c2cc(Br)ccc2Cl)nc2c1CCC2. The number of fused-ring (bicyclic) bond motifs is 1. The molecule has 0 saturated heterocycles. The number of aromatic nitrogens is 2. The third kappa shape index (κ3) is 2.54. The maximum atomic E-state index is 6.29. The molecule has 1 N–H and O–H groups in total. The Morgan fingerprint density at radius 1 is 1.30 bits per heavy atom. The number of nitrogens with zero attached hydrogens (tertiary/aromatic N) is 2. The summed E-state index contributed by atoms with van der Waals surface area (Å²) in [5.74, 6) is 1.66. The van der Waals surface area contributed by atoms with Crippen LogP contribution in [0.25, 0.3) is 11.4 Å². The summed E-state index contributed by atoms with van der Waals surface area (Å²) in [4.78, 5) is 9.39. The summed E-state index contributed by atoms with van der Waals surface area (Å²) in [5, 5.41) is 4.02. The molecular formula is C15H15BrClN3. The average molecular weight is 353 g/mol. The van der Waals surface area contributed by atoms with E-state index in [0.717, 1.165) is 47.4 Å². The van der Waals surface area contributed by atoms with E-state index in [0.29, 0.717) is 10.8 Å². The summed E-state index contributed by atoms with van der Waals surface area (Å²) in [6.07, 6.45) is 3.23. The molecule has 0 spiro atoms. The number of hydrogen-bond acceptors (Lipinski definition) is 3. The molecule has 0 radical (unpaired) electrons.